The smallest absolute Gasteiger partial charge is 0.328 e. The molecule has 4 aromatic rings. The number of rotatable bonds is 9. The first-order valence-corrected chi connectivity index (χ1v) is 12.6. The lowest BCUT2D eigenvalue weighted by Gasteiger charge is -2.38. The van der Waals surface area contributed by atoms with Crippen molar-refractivity contribution in [2.45, 2.75) is 31.5 Å². The zero-order valence-electron chi connectivity index (χ0n) is 21.0. The number of aromatic nitrogens is 2. The van der Waals surface area contributed by atoms with E-state index in [1.54, 1.807) is 34.4 Å². The van der Waals surface area contributed by atoms with Crippen LogP contribution in [-0.2, 0) is 20.1 Å². The van der Waals surface area contributed by atoms with Crippen LogP contribution in [0.3, 0.4) is 0 Å². The molecule has 0 saturated carbocycles. The highest BCUT2D eigenvalue weighted by molar-refractivity contribution is 5.75. The Kier molecular flexibility index (Phi) is 7.30. The number of fused-ring (bicyclic) bond motifs is 1. The minimum Gasteiger partial charge on any atom is -0.492 e. The highest BCUT2D eigenvalue weighted by Gasteiger charge is 2.33. The fourth-order valence-corrected chi connectivity index (χ4v) is 4.83. The standard InChI is InChI=1S/C29H32FN3O4/c1-31-25-7-3-4-8-26(25)33(28(31)34)18-19-36-23-12-10-22(11-13-23)20-32-16-14-29(35,15-17-32)21-37-27-9-5-2-6-24(27)30/h2-13,35H,14-21H2,1H3. The van der Waals surface area contributed by atoms with E-state index in [-0.39, 0.29) is 18.0 Å². The molecular formula is C29H32FN3O4. The van der Waals surface area contributed by atoms with E-state index in [1.807, 2.05) is 48.5 Å². The van der Waals surface area contributed by atoms with Gasteiger partial charge in [0, 0.05) is 26.7 Å². The Hall–Kier alpha value is -3.62. The number of piperidine rings is 1. The predicted octanol–water partition coefficient (Wildman–Crippen LogP) is 3.96. The van der Waals surface area contributed by atoms with Crippen LogP contribution in [0.25, 0.3) is 11.0 Å². The van der Waals surface area contributed by atoms with Gasteiger partial charge in [-0.2, -0.15) is 0 Å². The Labute approximate surface area is 215 Å². The summed E-state index contributed by atoms with van der Waals surface area (Å²) in [5.74, 6) is 0.513. The Bertz CT molecular complexity index is 1400. The van der Waals surface area contributed by atoms with Crippen molar-refractivity contribution in [2.24, 2.45) is 7.05 Å². The molecule has 1 saturated heterocycles. The molecule has 1 aromatic heterocycles. The van der Waals surface area contributed by atoms with Crippen molar-refractivity contribution in [3.63, 3.8) is 0 Å². The number of aryl methyl sites for hydroxylation is 1. The lowest BCUT2D eigenvalue weighted by Crippen LogP contribution is -2.47. The molecule has 194 valence electrons. The first-order valence-electron chi connectivity index (χ1n) is 12.6. The van der Waals surface area contributed by atoms with Gasteiger partial charge < -0.3 is 14.6 Å². The molecule has 0 spiro atoms. The number of benzene rings is 3. The maximum absolute atomic E-state index is 13.8. The van der Waals surface area contributed by atoms with Crippen LogP contribution >= 0.6 is 0 Å². The van der Waals surface area contributed by atoms with Crippen molar-refractivity contribution in [3.8, 4) is 11.5 Å². The molecule has 0 unspecified atom stereocenters. The molecule has 8 heteroatoms. The zero-order valence-corrected chi connectivity index (χ0v) is 21.0. The summed E-state index contributed by atoms with van der Waals surface area (Å²) in [5.41, 5.74) is 1.97. The molecule has 7 nitrogen and oxygen atoms in total. The number of ether oxygens (including phenoxy) is 2. The minimum absolute atomic E-state index is 0.0487. The van der Waals surface area contributed by atoms with E-state index in [2.05, 4.69) is 4.90 Å². The number of likely N-dealkylation sites (tertiary alicyclic amines) is 1. The quantitative estimate of drug-likeness (QED) is 0.373. The summed E-state index contributed by atoms with van der Waals surface area (Å²) in [4.78, 5) is 14.8. The number of halogens is 1. The summed E-state index contributed by atoms with van der Waals surface area (Å²) in [6.45, 7) is 3.19. The van der Waals surface area contributed by atoms with Gasteiger partial charge >= 0.3 is 5.69 Å². The molecule has 0 bridgehead atoms. The van der Waals surface area contributed by atoms with E-state index in [0.29, 0.717) is 26.0 Å². The molecule has 37 heavy (non-hydrogen) atoms. The zero-order chi connectivity index (χ0) is 25.8. The highest BCUT2D eigenvalue weighted by Crippen LogP contribution is 2.26. The third kappa shape index (κ3) is 5.70. The van der Waals surface area contributed by atoms with Gasteiger partial charge in [0.05, 0.1) is 17.6 Å². The van der Waals surface area contributed by atoms with Crippen LogP contribution in [-0.4, -0.2) is 51.0 Å². The number of nitrogens with zero attached hydrogens (tertiary/aromatic N) is 3. The van der Waals surface area contributed by atoms with Gasteiger partial charge in [0.2, 0.25) is 0 Å². The topological polar surface area (TPSA) is 68.9 Å². The minimum atomic E-state index is -0.956. The van der Waals surface area contributed by atoms with Gasteiger partial charge in [0.1, 0.15) is 24.6 Å². The van der Waals surface area contributed by atoms with Crippen LogP contribution in [0.5, 0.6) is 11.5 Å². The summed E-state index contributed by atoms with van der Waals surface area (Å²) in [7, 11) is 1.78. The lowest BCUT2D eigenvalue weighted by molar-refractivity contribution is -0.0543. The molecule has 0 amide bonds. The molecule has 0 radical (unpaired) electrons. The first kappa shape index (κ1) is 25.0. The lowest BCUT2D eigenvalue weighted by atomic mass is 9.92. The van der Waals surface area contributed by atoms with Gasteiger partial charge in [-0.15, -0.1) is 0 Å². The Morgan fingerprint density at radius 2 is 1.59 bits per heavy atom. The van der Waals surface area contributed by atoms with E-state index >= 15 is 0 Å². The third-order valence-electron chi connectivity index (χ3n) is 7.08. The number of para-hydroxylation sites is 3. The Balaban J connectivity index is 1.09. The molecule has 0 aliphatic carbocycles. The molecule has 3 aromatic carbocycles. The first-order chi connectivity index (χ1) is 17.9. The highest BCUT2D eigenvalue weighted by atomic mass is 19.1. The van der Waals surface area contributed by atoms with Crippen LogP contribution in [0.4, 0.5) is 4.39 Å². The Morgan fingerprint density at radius 3 is 2.32 bits per heavy atom. The maximum Gasteiger partial charge on any atom is 0.328 e. The molecular weight excluding hydrogens is 473 g/mol. The average molecular weight is 506 g/mol. The number of hydrogen-bond donors (Lipinski definition) is 1. The largest absolute Gasteiger partial charge is 0.492 e. The molecule has 1 aliphatic rings. The SMILES string of the molecule is Cn1c(=O)n(CCOc2ccc(CN3CCC(O)(COc4ccccc4F)CC3)cc2)c2ccccc21. The van der Waals surface area contributed by atoms with Gasteiger partial charge in [-0.3, -0.25) is 14.0 Å². The molecule has 2 heterocycles. The number of imidazole rings is 1. The van der Waals surface area contributed by atoms with Crippen LogP contribution in [0.1, 0.15) is 18.4 Å². The second kappa shape index (κ2) is 10.8. The molecule has 1 fully saturated rings. The van der Waals surface area contributed by atoms with E-state index in [9.17, 15) is 14.3 Å². The summed E-state index contributed by atoms with van der Waals surface area (Å²) in [6, 6.07) is 22.0. The van der Waals surface area contributed by atoms with Gasteiger partial charge in [-0.1, -0.05) is 36.4 Å². The predicted molar refractivity (Wildman–Crippen MR) is 140 cm³/mol. The number of aliphatic hydroxyl groups is 1. The van der Waals surface area contributed by atoms with Gasteiger partial charge in [0.15, 0.2) is 11.6 Å². The van der Waals surface area contributed by atoms with Crippen molar-refractivity contribution in [1.29, 1.82) is 0 Å². The van der Waals surface area contributed by atoms with E-state index < -0.39 is 11.4 Å². The summed E-state index contributed by atoms with van der Waals surface area (Å²) in [6.07, 6.45) is 1.13. The van der Waals surface area contributed by atoms with Crippen molar-refractivity contribution >= 4 is 11.0 Å². The molecule has 1 N–H and O–H groups in total. The van der Waals surface area contributed by atoms with Crippen molar-refractivity contribution < 1.29 is 19.0 Å². The van der Waals surface area contributed by atoms with Crippen molar-refractivity contribution in [3.05, 3.63) is 94.7 Å². The monoisotopic (exact) mass is 505 g/mol. The molecule has 1 aliphatic heterocycles. The van der Waals surface area contributed by atoms with Crippen LogP contribution in [0, 0.1) is 5.82 Å². The van der Waals surface area contributed by atoms with Crippen LogP contribution < -0.4 is 15.2 Å². The van der Waals surface area contributed by atoms with Crippen LogP contribution in [0.2, 0.25) is 0 Å². The fourth-order valence-electron chi connectivity index (χ4n) is 4.83. The molecule has 0 atom stereocenters. The van der Waals surface area contributed by atoms with Gasteiger partial charge in [-0.05, 0) is 54.8 Å². The molecule has 5 rings (SSSR count). The van der Waals surface area contributed by atoms with Crippen molar-refractivity contribution in [2.75, 3.05) is 26.3 Å². The third-order valence-corrected chi connectivity index (χ3v) is 7.08. The Morgan fingerprint density at radius 1 is 0.919 bits per heavy atom. The van der Waals surface area contributed by atoms with Gasteiger partial charge in [0.25, 0.3) is 0 Å². The summed E-state index contributed by atoms with van der Waals surface area (Å²) in [5, 5.41) is 10.9. The summed E-state index contributed by atoms with van der Waals surface area (Å²) >= 11 is 0. The fraction of sp³-hybridized carbons (Fsp3) is 0.345. The number of hydrogen-bond acceptors (Lipinski definition) is 5. The van der Waals surface area contributed by atoms with Gasteiger partial charge in [-0.25, -0.2) is 9.18 Å². The summed E-state index contributed by atoms with van der Waals surface area (Å²) < 4.78 is 28.6. The maximum atomic E-state index is 13.8. The average Bonchev–Trinajstić information content (AvgIpc) is 3.16. The van der Waals surface area contributed by atoms with E-state index in [0.717, 1.165) is 42.0 Å². The second-order valence-corrected chi connectivity index (χ2v) is 9.69. The van der Waals surface area contributed by atoms with Crippen LogP contribution in [0.15, 0.2) is 77.6 Å². The second-order valence-electron chi connectivity index (χ2n) is 9.69. The van der Waals surface area contributed by atoms with E-state index in [4.69, 9.17) is 9.47 Å². The normalized spacial score (nSPS) is 15.6. The van der Waals surface area contributed by atoms with E-state index in [1.165, 1.54) is 6.07 Å². The van der Waals surface area contributed by atoms with Crippen molar-refractivity contribution in [1.82, 2.24) is 14.0 Å².